The summed E-state index contributed by atoms with van der Waals surface area (Å²) in [6.45, 7) is 0.644. The van der Waals surface area contributed by atoms with Gasteiger partial charge in [0.1, 0.15) is 10.8 Å². The lowest BCUT2D eigenvalue weighted by Crippen LogP contribution is -2.00. The highest BCUT2D eigenvalue weighted by Crippen LogP contribution is 2.32. The molecule has 0 amide bonds. The molecule has 0 aliphatic carbocycles. The molecule has 0 aliphatic heterocycles. The average molecular weight is 269 g/mol. The number of methoxy groups -OCH3 is 1. The average Bonchev–Trinajstić information content (AvgIpc) is 2.78. The normalized spacial score (nSPS) is 10.5. The molecule has 0 fully saturated rings. The highest BCUT2D eigenvalue weighted by atomic mass is 35.5. The van der Waals surface area contributed by atoms with Crippen LogP contribution in [0.25, 0.3) is 10.6 Å². The highest BCUT2D eigenvalue weighted by molar-refractivity contribution is 7.15. The molecule has 3 nitrogen and oxygen atoms in total. The van der Waals surface area contributed by atoms with Gasteiger partial charge in [0.2, 0.25) is 0 Å². The van der Waals surface area contributed by atoms with E-state index in [1.807, 2.05) is 24.4 Å². The standard InChI is InChI=1S/C12H13ClN2OS/c1-16-11-3-2-8(6-10(11)13)12-15-7-9(17-12)4-5-14/h2-3,6-7H,4-5,14H2,1H3. The quantitative estimate of drug-likeness (QED) is 0.927. The fourth-order valence-electron chi connectivity index (χ4n) is 1.50. The van der Waals surface area contributed by atoms with Crippen LogP contribution < -0.4 is 10.5 Å². The first-order valence-corrected chi connectivity index (χ1v) is 6.42. The molecule has 2 rings (SSSR count). The summed E-state index contributed by atoms with van der Waals surface area (Å²) in [5.74, 6) is 0.675. The molecule has 0 radical (unpaired) electrons. The van der Waals surface area contributed by atoms with Gasteiger partial charge in [-0.2, -0.15) is 0 Å². The molecule has 0 unspecified atom stereocenters. The third-order valence-corrected chi connectivity index (χ3v) is 3.74. The van der Waals surface area contributed by atoms with Crippen LogP contribution in [0, 0.1) is 0 Å². The molecular weight excluding hydrogens is 256 g/mol. The van der Waals surface area contributed by atoms with E-state index in [0.717, 1.165) is 17.0 Å². The number of hydrogen-bond acceptors (Lipinski definition) is 4. The zero-order chi connectivity index (χ0) is 12.3. The lowest BCUT2D eigenvalue weighted by Gasteiger charge is -2.03. The molecule has 2 aromatic rings. The van der Waals surface area contributed by atoms with Crippen molar-refractivity contribution in [2.45, 2.75) is 6.42 Å². The molecule has 0 atom stereocenters. The molecule has 2 N–H and O–H groups in total. The smallest absolute Gasteiger partial charge is 0.137 e. The number of halogens is 1. The molecule has 0 saturated carbocycles. The van der Waals surface area contributed by atoms with Gasteiger partial charge in [0, 0.05) is 16.6 Å². The second-order valence-corrected chi connectivity index (χ2v) is 5.04. The Balaban J connectivity index is 2.29. The van der Waals surface area contributed by atoms with Crippen LogP contribution in [-0.2, 0) is 6.42 Å². The topological polar surface area (TPSA) is 48.1 Å². The van der Waals surface area contributed by atoms with E-state index in [1.165, 1.54) is 4.88 Å². The Morgan fingerprint density at radius 2 is 2.29 bits per heavy atom. The predicted octanol–water partition coefficient (Wildman–Crippen LogP) is 2.97. The fourth-order valence-corrected chi connectivity index (χ4v) is 2.68. The number of rotatable bonds is 4. The van der Waals surface area contributed by atoms with Crippen molar-refractivity contribution in [1.29, 1.82) is 0 Å². The van der Waals surface area contributed by atoms with Crippen LogP contribution >= 0.6 is 22.9 Å². The zero-order valence-corrected chi connectivity index (χ0v) is 11.0. The highest BCUT2D eigenvalue weighted by Gasteiger charge is 2.07. The van der Waals surface area contributed by atoms with Crippen LogP contribution in [-0.4, -0.2) is 18.6 Å². The van der Waals surface area contributed by atoms with Gasteiger partial charge < -0.3 is 10.5 Å². The molecule has 17 heavy (non-hydrogen) atoms. The van der Waals surface area contributed by atoms with Crippen LogP contribution in [0.4, 0.5) is 0 Å². The molecule has 1 aromatic heterocycles. The summed E-state index contributed by atoms with van der Waals surface area (Å²) < 4.78 is 5.11. The first-order valence-electron chi connectivity index (χ1n) is 5.23. The van der Waals surface area contributed by atoms with Gasteiger partial charge in [-0.1, -0.05) is 11.6 Å². The minimum atomic E-state index is 0.598. The summed E-state index contributed by atoms with van der Waals surface area (Å²) >= 11 is 7.72. The van der Waals surface area contributed by atoms with Crippen LogP contribution in [0.5, 0.6) is 5.75 Å². The molecule has 0 aliphatic rings. The summed E-state index contributed by atoms with van der Waals surface area (Å²) in [7, 11) is 1.60. The number of nitrogens with two attached hydrogens (primary N) is 1. The first kappa shape index (κ1) is 12.4. The van der Waals surface area contributed by atoms with Crippen LogP contribution in [0.15, 0.2) is 24.4 Å². The molecule has 90 valence electrons. The van der Waals surface area contributed by atoms with E-state index in [4.69, 9.17) is 22.1 Å². The van der Waals surface area contributed by atoms with Crippen LogP contribution in [0.3, 0.4) is 0 Å². The third-order valence-electron chi connectivity index (χ3n) is 2.34. The van der Waals surface area contributed by atoms with Crippen LogP contribution in [0.1, 0.15) is 4.88 Å². The van der Waals surface area contributed by atoms with Crippen molar-refractivity contribution in [2.24, 2.45) is 5.73 Å². The number of nitrogens with zero attached hydrogens (tertiary/aromatic N) is 1. The number of hydrogen-bond donors (Lipinski definition) is 1. The van der Waals surface area contributed by atoms with Gasteiger partial charge in [0.15, 0.2) is 0 Å². The maximum absolute atomic E-state index is 6.08. The minimum Gasteiger partial charge on any atom is -0.495 e. The molecule has 5 heteroatoms. The minimum absolute atomic E-state index is 0.598. The van der Waals surface area contributed by atoms with Gasteiger partial charge in [-0.05, 0) is 31.2 Å². The summed E-state index contributed by atoms with van der Waals surface area (Å²) in [5.41, 5.74) is 6.52. The molecular formula is C12H13ClN2OS. The number of ether oxygens (including phenoxy) is 1. The Kier molecular flexibility index (Phi) is 3.99. The van der Waals surface area contributed by atoms with Crippen molar-refractivity contribution in [1.82, 2.24) is 4.98 Å². The van der Waals surface area contributed by atoms with E-state index >= 15 is 0 Å². The monoisotopic (exact) mass is 268 g/mol. The molecule has 0 bridgehead atoms. The number of aromatic nitrogens is 1. The largest absolute Gasteiger partial charge is 0.495 e. The fraction of sp³-hybridized carbons (Fsp3) is 0.250. The SMILES string of the molecule is COc1ccc(-c2ncc(CCN)s2)cc1Cl. The Morgan fingerprint density at radius 3 is 2.94 bits per heavy atom. The molecule has 1 aromatic carbocycles. The van der Waals surface area contributed by atoms with E-state index < -0.39 is 0 Å². The van der Waals surface area contributed by atoms with Gasteiger partial charge >= 0.3 is 0 Å². The van der Waals surface area contributed by atoms with E-state index in [0.29, 0.717) is 17.3 Å². The van der Waals surface area contributed by atoms with Crippen molar-refractivity contribution in [3.63, 3.8) is 0 Å². The van der Waals surface area contributed by atoms with Crippen molar-refractivity contribution < 1.29 is 4.74 Å². The van der Waals surface area contributed by atoms with Gasteiger partial charge in [-0.25, -0.2) is 4.98 Å². The predicted molar refractivity (Wildman–Crippen MR) is 71.9 cm³/mol. The van der Waals surface area contributed by atoms with E-state index in [-0.39, 0.29) is 0 Å². The second kappa shape index (κ2) is 5.49. The Labute approximate surface area is 109 Å². The van der Waals surface area contributed by atoms with Gasteiger partial charge in [-0.15, -0.1) is 11.3 Å². The van der Waals surface area contributed by atoms with Crippen molar-refractivity contribution in [3.05, 3.63) is 34.3 Å². The maximum atomic E-state index is 6.08. The van der Waals surface area contributed by atoms with Crippen molar-refractivity contribution in [2.75, 3.05) is 13.7 Å². The summed E-state index contributed by atoms with van der Waals surface area (Å²) in [4.78, 5) is 5.55. The van der Waals surface area contributed by atoms with E-state index in [2.05, 4.69) is 4.98 Å². The van der Waals surface area contributed by atoms with E-state index in [9.17, 15) is 0 Å². The Hall–Kier alpha value is -1.10. The third kappa shape index (κ3) is 2.77. The van der Waals surface area contributed by atoms with Gasteiger partial charge in [0.25, 0.3) is 0 Å². The van der Waals surface area contributed by atoms with Crippen molar-refractivity contribution >= 4 is 22.9 Å². The van der Waals surface area contributed by atoms with Gasteiger partial charge in [0.05, 0.1) is 12.1 Å². The second-order valence-electron chi connectivity index (χ2n) is 3.52. The Bertz CT molecular complexity index is 513. The summed E-state index contributed by atoms with van der Waals surface area (Å²) in [5, 5.41) is 1.55. The van der Waals surface area contributed by atoms with Crippen molar-refractivity contribution in [3.8, 4) is 16.3 Å². The Morgan fingerprint density at radius 1 is 1.47 bits per heavy atom. The lowest BCUT2D eigenvalue weighted by molar-refractivity contribution is 0.415. The zero-order valence-electron chi connectivity index (χ0n) is 9.44. The molecule has 0 saturated heterocycles. The van der Waals surface area contributed by atoms with Crippen LogP contribution in [0.2, 0.25) is 5.02 Å². The van der Waals surface area contributed by atoms with Gasteiger partial charge in [-0.3, -0.25) is 0 Å². The lowest BCUT2D eigenvalue weighted by atomic mass is 10.2. The number of thiazole rings is 1. The molecule has 1 heterocycles. The summed E-state index contributed by atoms with van der Waals surface area (Å²) in [6, 6.07) is 5.67. The maximum Gasteiger partial charge on any atom is 0.137 e. The number of benzene rings is 1. The van der Waals surface area contributed by atoms with E-state index in [1.54, 1.807) is 18.4 Å². The first-order chi connectivity index (χ1) is 8.24. The summed E-state index contributed by atoms with van der Waals surface area (Å²) in [6.07, 6.45) is 2.73. The molecule has 0 spiro atoms.